The van der Waals surface area contributed by atoms with E-state index in [2.05, 4.69) is 0 Å². The molecule has 0 spiro atoms. The average Bonchev–Trinajstić information content (AvgIpc) is 2.16. The third kappa shape index (κ3) is 2.07. The lowest BCUT2D eigenvalue weighted by atomic mass is 9.73. The normalized spacial score (nSPS) is 15.1. The molecule has 0 aliphatic rings. The average molecular weight is 225 g/mol. The molecule has 0 saturated carbocycles. The number of aryl methyl sites for hydroxylation is 1. The van der Waals surface area contributed by atoms with Crippen LogP contribution in [0.2, 0.25) is 0 Å². The second kappa shape index (κ2) is 4.36. The second-order valence-electron chi connectivity index (χ2n) is 4.45. The predicted octanol–water partition coefficient (Wildman–Crippen LogP) is 3.67. The van der Waals surface area contributed by atoms with Gasteiger partial charge in [-0.3, -0.25) is 4.79 Å². The summed E-state index contributed by atoms with van der Waals surface area (Å²) in [4.78, 5) is 11.6. The summed E-state index contributed by atoms with van der Waals surface area (Å²) in [6.07, 6.45) is 0. The van der Waals surface area contributed by atoms with Gasteiger partial charge in [0, 0.05) is 0 Å². The molecule has 0 saturated heterocycles. The number of benzene rings is 1. The Balaban J connectivity index is 3.34. The summed E-state index contributed by atoms with van der Waals surface area (Å²) in [6.45, 7) is 7.96. The maximum Gasteiger partial charge on any atom is 0.232 e. The van der Waals surface area contributed by atoms with E-state index in [9.17, 15) is 4.79 Å². The van der Waals surface area contributed by atoms with Crippen LogP contribution in [0, 0.1) is 12.8 Å². The number of carbonyl (C=O) groups excluding carboxylic acids is 1. The van der Waals surface area contributed by atoms with Crippen molar-refractivity contribution in [2.45, 2.75) is 33.1 Å². The van der Waals surface area contributed by atoms with Crippen LogP contribution in [0.4, 0.5) is 0 Å². The van der Waals surface area contributed by atoms with Crippen LogP contribution in [0.3, 0.4) is 0 Å². The van der Waals surface area contributed by atoms with E-state index in [1.54, 1.807) is 0 Å². The van der Waals surface area contributed by atoms with Gasteiger partial charge in [-0.2, -0.15) is 0 Å². The molecule has 0 aliphatic heterocycles. The van der Waals surface area contributed by atoms with Crippen LogP contribution in [0.5, 0.6) is 0 Å². The van der Waals surface area contributed by atoms with Crippen molar-refractivity contribution >= 4 is 16.8 Å². The molecule has 82 valence electrons. The number of carbonyl (C=O) groups is 1. The van der Waals surface area contributed by atoms with Crippen LogP contribution in [-0.4, -0.2) is 5.24 Å². The van der Waals surface area contributed by atoms with Crippen LogP contribution in [0.25, 0.3) is 0 Å². The van der Waals surface area contributed by atoms with E-state index in [1.807, 2.05) is 52.0 Å². The Bertz CT molecular complexity index is 371. The molecular weight excluding hydrogens is 208 g/mol. The fraction of sp³-hybridized carbons (Fsp3) is 0.462. The molecule has 1 aromatic carbocycles. The van der Waals surface area contributed by atoms with Crippen molar-refractivity contribution in [1.82, 2.24) is 0 Å². The van der Waals surface area contributed by atoms with Gasteiger partial charge in [-0.25, -0.2) is 0 Å². The third-order valence-electron chi connectivity index (χ3n) is 3.27. The van der Waals surface area contributed by atoms with Gasteiger partial charge in [-0.05, 0) is 42.5 Å². The molecule has 0 radical (unpaired) electrons. The monoisotopic (exact) mass is 224 g/mol. The lowest BCUT2D eigenvalue weighted by molar-refractivity contribution is -0.117. The lowest BCUT2D eigenvalue weighted by Gasteiger charge is -2.31. The Morgan fingerprint density at radius 2 is 1.87 bits per heavy atom. The van der Waals surface area contributed by atoms with E-state index >= 15 is 0 Å². The first-order chi connectivity index (χ1) is 6.90. The first-order valence-corrected chi connectivity index (χ1v) is 5.54. The Labute approximate surface area is 96.5 Å². The number of hydrogen-bond donors (Lipinski definition) is 0. The molecule has 1 rings (SSSR count). The van der Waals surface area contributed by atoms with Gasteiger partial charge < -0.3 is 0 Å². The topological polar surface area (TPSA) is 17.1 Å². The van der Waals surface area contributed by atoms with Gasteiger partial charge in [0.1, 0.15) is 0 Å². The summed E-state index contributed by atoms with van der Waals surface area (Å²) in [6, 6.07) is 7.91. The highest BCUT2D eigenvalue weighted by Gasteiger charge is 2.37. The summed E-state index contributed by atoms with van der Waals surface area (Å²) >= 11 is 5.75. The molecule has 0 aliphatic carbocycles. The molecule has 1 unspecified atom stereocenters. The van der Waals surface area contributed by atoms with Gasteiger partial charge in [0.15, 0.2) is 0 Å². The van der Waals surface area contributed by atoms with Crippen molar-refractivity contribution in [2.75, 3.05) is 0 Å². The smallest absolute Gasteiger partial charge is 0.232 e. The van der Waals surface area contributed by atoms with Gasteiger partial charge in [0.2, 0.25) is 5.24 Å². The number of rotatable bonds is 3. The first-order valence-electron chi connectivity index (χ1n) is 5.16. The van der Waals surface area contributed by atoms with Crippen molar-refractivity contribution in [3.05, 3.63) is 35.4 Å². The Kier molecular flexibility index (Phi) is 3.56. The zero-order valence-corrected chi connectivity index (χ0v) is 10.4. The summed E-state index contributed by atoms with van der Waals surface area (Å²) < 4.78 is 0. The summed E-state index contributed by atoms with van der Waals surface area (Å²) in [5, 5.41) is -0.285. The molecule has 0 heterocycles. The van der Waals surface area contributed by atoms with Crippen LogP contribution >= 0.6 is 11.6 Å². The molecule has 2 heteroatoms. The molecule has 0 fully saturated rings. The lowest BCUT2D eigenvalue weighted by Crippen LogP contribution is -2.35. The quantitative estimate of drug-likeness (QED) is 0.716. The fourth-order valence-corrected chi connectivity index (χ4v) is 2.12. The molecule has 0 aromatic heterocycles. The molecule has 15 heavy (non-hydrogen) atoms. The maximum absolute atomic E-state index is 11.6. The SMILES string of the molecule is Cc1ccccc1C(C)(C(=O)Cl)C(C)C. The van der Waals surface area contributed by atoms with Gasteiger partial charge in [-0.1, -0.05) is 38.1 Å². The molecule has 1 aromatic rings. The number of halogens is 1. The van der Waals surface area contributed by atoms with Crippen LogP contribution in [0.15, 0.2) is 24.3 Å². The minimum absolute atomic E-state index is 0.184. The Morgan fingerprint density at radius 3 is 2.27 bits per heavy atom. The second-order valence-corrected chi connectivity index (χ2v) is 4.79. The van der Waals surface area contributed by atoms with Crippen molar-refractivity contribution in [2.24, 2.45) is 5.92 Å². The number of hydrogen-bond acceptors (Lipinski definition) is 1. The highest BCUT2D eigenvalue weighted by atomic mass is 35.5. The minimum atomic E-state index is -0.590. The van der Waals surface area contributed by atoms with E-state index in [0.717, 1.165) is 11.1 Å². The molecule has 0 amide bonds. The summed E-state index contributed by atoms with van der Waals surface area (Å²) in [7, 11) is 0. The van der Waals surface area contributed by atoms with E-state index in [-0.39, 0.29) is 11.2 Å². The molecular formula is C13H17ClO. The Hall–Kier alpha value is -0.820. The summed E-state index contributed by atoms with van der Waals surface area (Å²) in [5.74, 6) is 0.184. The zero-order chi connectivity index (χ0) is 11.6. The first kappa shape index (κ1) is 12.3. The maximum atomic E-state index is 11.6. The van der Waals surface area contributed by atoms with Crippen LogP contribution < -0.4 is 0 Å². The third-order valence-corrected chi connectivity index (χ3v) is 3.66. The minimum Gasteiger partial charge on any atom is -0.280 e. The van der Waals surface area contributed by atoms with E-state index < -0.39 is 5.41 Å². The van der Waals surface area contributed by atoms with E-state index in [4.69, 9.17) is 11.6 Å². The fourth-order valence-electron chi connectivity index (χ4n) is 1.80. The summed E-state index contributed by atoms with van der Waals surface area (Å²) in [5.41, 5.74) is 1.55. The van der Waals surface area contributed by atoms with E-state index in [0.29, 0.717) is 0 Å². The molecule has 1 atom stereocenters. The van der Waals surface area contributed by atoms with Crippen LogP contribution in [0.1, 0.15) is 31.9 Å². The van der Waals surface area contributed by atoms with Crippen molar-refractivity contribution < 1.29 is 4.79 Å². The molecule has 0 bridgehead atoms. The largest absolute Gasteiger partial charge is 0.280 e. The Morgan fingerprint density at radius 1 is 1.33 bits per heavy atom. The van der Waals surface area contributed by atoms with Gasteiger partial charge >= 0.3 is 0 Å². The standard InChI is InChI=1S/C13H17ClO/c1-9(2)13(4,12(14)15)11-8-6-5-7-10(11)3/h5-9H,1-4H3. The predicted molar refractivity (Wildman–Crippen MR) is 64.2 cm³/mol. The van der Waals surface area contributed by atoms with Crippen molar-refractivity contribution in [3.63, 3.8) is 0 Å². The van der Waals surface area contributed by atoms with Crippen molar-refractivity contribution in [3.8, 4) is 0 Å². The van der Waals surface area contributed by atoms with E-state index in [1.165, 1.54) is 0 Å². The van der Waals surface area contributed by atoms with Crippen LogP contribution in [-0.2, 0) is 10.2 Å². The molecule has 0 N–H and O–H groups in total. The zero-order valence-electron chi connectivity index (χ0n) is 9.67. The highest BCUT2D eigenvalue weighted by molar-refractivity contribution is 6.65. The van der Waals surface area contributed by atoms with Gasteiger partial charge in [0.25, 0.3) is 0 Å². The van der Waals surface area contributed by atoms with Crippen molar-refractivity contribution in [1.29, 1.82) is 0 Å². The highest BCUT2D eigenvalue weighted by Crippen LogP contribution is 2.35. The van der Waals surface area contributed by atoms with Gasteiger partial charge in [0.05, 0.1) is 5.41 Å². The molecule has 1 nitrogen and oxygen atoms in total. The van der Waals surface area contributed by atoms with Gasteiger partial charge in [-0.15, -0.1) is 0 Å².